The second kappa shape index (κ2) is 5.15. The lowest BCUT2D eigenvalue weighted by Crippen LogP contribution is -2.58. The number of fused-ring (bicyclic) bond motifs is 1. The molecule has 3 unspecified atom stereocenters. The van der Waals surface area contributed by atoms with Gasteiger partial charge in [-0.2, -0.15) is 0 Å². The summed E-state index contributed by atoms with van der Waals surface area (Å²) in [6, 6.07) is 0.415. The Kier molecular flexibility index (Phi) is 3.54. The number of rotatable bonds is 1. The Morgan fingerprint density at radius 1 is 1.22 bits per heavy atom. The van der Waals surface area contributed by atoms with Crippen molar-refractivity contribution in [2.75, 3.05) is 32.7 Å². The van der Waals surface area contributed by atoms with E-state index in [0.29, 0.717) is 19.0 Å². The molecule has 3 fully saturated rings. The van der Waals surface area contributed by atoms with Gasteiger partial charge in [0.2, 0.25) is 5.91 Å². The first kappa shape index (κ1) is 12.4. The van der Waals surface area contributed by atoms with Gasteiger partial charge in [-0.25, -0.2) is 0 Å². The van der Waals surface area contributed by atoms with E-state index in [2.05, 4.69) is 10.2 Å². The van der Waals surface area contributed by atoms with E-state index in [4.69, 9.17) is 0 Å². The quantitative estimate of drug-likeness (QED) is 0.655. The first-order valence-corrected chi connectivity index (χ1v) is 7.18. The highest BCUT2D eigenvalue weighted by atomic mass is 16.3. The minimum Gasteiger partial charge on any atom is -0.392 e. The summed E-state index contributed by atoms with van der Waals surface area (Å²) in [5.74, 6) is 0.191. The number of piperazine rings is 1. The topological polar surface area (TPSA) is 55.8 Å². The molecule has 3 heterocycles. The van der Waals surface area contributed by atoms with Crippen molar-refractivity contribution in [3.63, 3.8) is 0 Å². The number of amides is 1. The molecule has 0 saturated carbocycles. The van der Waals surface area contributed by atoms with E-state index in [9.17, 15) is 9.90 Å². The number of aliphatic hydroxyl groups is 1. The number of hydrogen-bond acceptors (Lipinski definition) is 4. The normalized spacial score (nSPS) is 37.6. The standard InChI is InChI=1S/C13H23N3O2/c17-11-7-12(14-8-11)13(18)16-6-5-15-4-2-1-3-10(15)9-16/h10-12,14,17H,1-9H2. The van der Waals surface area contributed by atoms with Crippen LogP contribution in [-0.4, -0.2) is 71.7 Å². The maximum Gasteiger partial charge on any atom is 0.239 e. The molecule has 3 atom stereocenters. The zero-order valence-electron chi connectivity index (χ0n) is 10.8. The SMILES string of the molecule is O=C(C1CC(O)CN1)N1CCN2CCCCC2C1. The van der Waals surface area contributed by atoms with Gasteiger partial charge in [-0.15, -0.1) is 0 Å². The Balaban J connectivity index is 1.58. The van der Waals surface area contributed by atoms with Gasteiger partial charge in [0.15, 0.2) is 0 Å². The molecule has 18 heavy (non-hydrogen) atoms. The molecule has 1 amide bonds. The number of hydrogen-bond donors (Lipinski definition) is 2. The maximum atomic E-state index is 12.4. The molecule has 3 aliphatic rings. The second-order valence-electron chi connectivity index (χ2n) is 5.82. The Labute approximate surface area is 108 Å². The van der Waals surface area contributed by atoms with Crippen molar-refractivity contribution in [3.8, 4) is 0 Å². The van der Waals surface area contributed by atoms with E-state index < -0.39 is 0 Å². The lowest BCUT2D eigenvalue weighted by atomic mass is 9.99. The molecule has 3 rings (SSSR count). The minimum atomic E-state index is -0.352. The predicted molar refractivity (Wildman–Crippen MR) is 68.2 cm³/mol. The zero-order valence-corrected chi connectivity index (χ0v) is 10.8. The van der Waals surface area contributed by atoms with Crippen molar-refractivity contribution in [1.29, 1.82) is 0 Å². The minimum absolute atomic E-state index is 0.157. The van der Waals surface area contributed by atoms with Crippen LogP contribution in [0.2, 0.25) is 0 Å². The first-order chi connectivity index (χ1) is 8.74. The lowest BCUT2D eigenvalue weighted by Gasteiger charge is -2.44. The average molecular weight is 253 g/mol. The van der Waals surface area contributed by atoms with Crippen LogP contribution in [0.4, 0.5) is 0 Å². The molecule has 0 bridgehead atoms. The number of carbonyl (C=O) groups is 1. The summed E-state index contributed by atoms with van der Waals surface area (Å²) in [6.45, 7) is 4.51. The molecule has 3 saturated heterocycles. The Morgan fingerprint density at radius 3 is 2.89 bits per heavy atom. The number of nitrogens with one attached hydrogen (secondary N) is 1. The summed E-state index contributed by atoms with van der Waals surface area (Å²) in [6.07, 6.45) is 4.05. The third kappa shape index (κ3) is 2.39. The van der Waals surface area contributed by atoms with Crippen LogP contribution in [0.1, 0.15) is 25.7 Å². The fourth-order valence-corrected chi connectivity index (χ4v) is 3.48. The van der Waals surface area contributed by atoms with E-state index in [1.807, 2.05) is 4.90 Å². The van der Waals surface area contributed by atoms with E-state index >= 15 is 0 Å². The highest BCUT2D eigenvalue weighted by Crippen LogP contribution is 2.22. The maximum absolute atomic E-state index is 12.4. The molecular formula is C13H23N3O2. The van der Waals surface area contributed by atoms with Crippen molar-refractivity contribution >= 4 is 5.91 Å². The van der Waals surface area contributed by atoms with Crippen LogP contribution in [-0.2, 0) is 4.79 Å². The van der Waals surface area contributed by atoms with E-state index in [0.717, 1.165) is 19.6 Å². The molecule has 0 aromatic rings. The van der Waals surface area contributed by atoms with Crippen LogP contribution < -0.4 is 5.32 Å². The monoisotopic (exact) mass is 253 g/mol. The molecule has 0 aliphatic carbocycles. The van der Waals surface area contributed by atoms with Crippen LogP contribution in [0.5, 0.6) is 0 Å². The third-order valence-electron chi connectivity index (χ3n) is 4.55. The van der Waals surface area contributed by atoms with Crippen LogP contribution in [0.15, 0.2) is 0 Å². The van der Waals surface area contributed by atoms with Crippen molar-refractivity contribution < 1.29 is 9.90 Å². The summed E-state index contributed by atoms with van der Waals surface area (Å²) in [7, 11) is 0. The molecule has 0 aromatic heterocycles. The summed E-state index contributed by atoms with van der Waals surface area (Å²) in [5.41, 5.74) is 0. The van der Waals surface area contributed by atoms with Gasteiger partial charge in [-0.3, -0.25) is 9.69 Å². The molecule has 0 aromatic carbocycles. The van der Waals surface area contributed by atoms with Crippen LogP contribution in [0.25, 0.3) is 0 Å². The fourth-order valence-electron chi connectivity index (χ4n) is 3.48. The van der Waals surface area contributed by atoms with Crippen LogP contribution in [0.3, 0.4) is 0 Å². The van der Waals surface area contributed by atoms with Gasteiger partial charge in [-0.1, -0.05) is 6.42 Å². The molecular weight excluding hydrogens is 230 g/mol. The van der Waals surface area contributed by atoms with Crippen LogP contribution >= 0.6 is 0 Å². The molecule has 3 aliphatic heterocycles. The zero-order chi connectivity index (χ0) is 12.5. The van der Waals surface area contributed by atoms with Gasteiger partial charge in [0.05, 0.1) is 12.1 Å². The molecule has 5 nitrogen and oxygen atoms in total. The highest BCUT2D eigenvalue weighted by molar-refractivity contribution is 5.82. The van der Waals surface area contributed by atoms with Gasteiger partial charge in [0.25, 0.3) is 0 Å². The van der Waals surface area contributed by atoms with E-state index in [1.54, 1.807) is 0 Å². The van der Waals surface area contributed by atoms with Crippen molar-refractivity contribution in [3.05, 3.63) is 0 Å². The number of nitrogens with zero attached hydrogens (tertiary/aromatic N) is 2. The number of carbonyl (C=O) groups excluding carboxylic acids is 1. The molecule has 102 valence electrons. The van der Waals surface area contributed by atoms with Crippen molar-refractivity contribution in [2.45, 2.75) is 43.9 Å². The van der Waals surface area contributed by atoms with Crippen LogP contribution in [0, 0.1) is 0 Å². The summed E-state index contributed by atoms with van der Waals surface area (Å²) >= 11 is 0. The smallest absolute Gasteiger partial charge is 0.239 e. The predicted octanol–water partition coefficient (Wildman–Crippen LogP) is -0.594. The largest absolute Gasteiger partial charge is 0.392 e. The van der Waals surface area contributed by atoms with Crippen molar-refractivity contribution in [2.24, 2.45) is 0 Å². The number of aliphatic hydroxyl groups excluding tert-OH is 1. The van der Waals surface area contributed by atoms with Gasteiger partial charge < -0.3 is 15.3 Å². The summed E-state index contributed by atoms with van der Waals surface area (Å²) in [4.78, 5) is 16.9. The Bertz CT molecular complexity index is 323. The molecule has 2 N–H and O–H groups in total. The fraction of sp³-hybridized carbons (Fsp3) is 0.923. The Morgan fingerprint density at radius 2 is 2.11 bits per heavy atom. The van der Waals surface area contributed by atoms with Crippen molar-refractivity contribution in [1.82, 2.24) is 15.1 Å². The van der Waals surface area contributed by atoms with Gasteiger partial charge in [0.1, 0.15) is 0 Å². The lowest BCUT2D eigenvalue weighted by molar-refractivity contribution is -0.136. The third-order valence-corrected chi connectivity index (χ3v) is 4.55. The van der Waals surface area contributed by atoms with Gasteiger partial charge in [0, 0.05) is 32.2 Å². The summed E-state index contributed by atoms with van der Waals surface area (Å²) < 4.78 is 0. The molecule has 5 heteroatoms. The van der Waals surface area contributed by atoms with E-state index in [-0.39, 0.29) is 18.1 Å². The van der Waals surface area contributed by atoms with Gasteiger partial charge in [-0.05, 0) is 25.8 Å². The van der Waals surface area contributed by atoms with Gasteiger partial charge >= 0.3 is 0 Å². The first-order valence-electron chi connectivity index (χ1n) is 7.18. The van der Waals surface area contributed by atoms with E-state index in [1.165, 1.54) is 25.8 Å². The highest BCUT2D eigenvalue weighted by Gasteiger charge is 2.36. The second-order valence-corrected chi connectivity index (χ2v) is 5.82. The molecule has 0 spiro atoms. The number of β-amino-alcohol motifs (C(OH)–C–C–N with tert-alkyl or cyclic N) is 1. The molecule has 0 radical (unpaired) electrons. The average Bonchev–Trinajstić information content (AvgIpc) is 2.84. The Hall–Kier alpha value is -0.650. The number of piperidine rings is 1. The summed E-state index contributed by atoms with van der Waals surface area (Å²) in [5, 5.41) is 12.6.